The monoisotopic (exact) mass is 352 g/mol. The van der Waals surface area contributed by atoms with Gasteiger partial charge in [0.25, 0.3) is 0 Å². The van der Waals surface area contributed by atoms with Crippen molar-refractivity contribution < 1.29 is 9.47 Å². The summed E-state index contributed by atoms with van der Waals surface area (Å²) in [5, 5.41) is 5.32. The van der Waals surface area contributed by atoms with Gasteiger partial charge in [-0.1, -0.05) is 28.9 Å². The zero-order valence-corrected chi connectivity index (χ0v) is 14.3. The molecule has 0 bridgehead atoms. The maximum atomic E-state index is 5.82. The molecule has 1 atom stereocenters. The third kappa shape index (κ3) is 4.00. The van der Waals surface area contributed by atoms with Gasteiger partial charge >= 0.3 is 0 Å². The minimum atomic E-state index is 0.409. The second-order valence-corrected chi connectivity index (χ2v) is 5.51. The smallest absolute Gasteiger partial charge is 0.161 e. The molecule has 0 saturated heterocycles. The van der Waals surface area contributed by atoms with Crippen LogP contribution in [-0.4, -0.2) is 16.9 Å². The van der Waals surface area contributed by atoms with Gasteiger partial charge in [-0.3, -0.25) is 4.68 Å². The lowest BCUT2D eigenvalue weighted by molar-refractivity contribution is 0.278. The quantitative estimate of drug-likeness (QED) is 0.695. The van der Waals surface area contributed by atoms with Crippen LogP contribution in [0.25, 0.3) is 0 Å². The predicted octanol–water partition coefficient (Wildman–Crippen LogP) is 4.34. The third-order valence-corrected chi connectivity index (χ3v) is 4.11. The normalized spacial score (nSPS) is 12.2. The fourth-order valence-electron chi connectivity index (χ4n) is 1.95. The molecular weight excluding hydrogens is 332 g/mol. The van der Waals surface area contributed by atoms with Crippen LogP contribution in [0.3, 0.4) is 0 Å². The lowest BCUT2D eigenvalue weighted by Crippen LogP contribution is -2.06. The average Bonchev–Trinajstić information content (AvgIpc) is 3.00. The first-order valence-corrected chi connectivity index (χ1v) is 8.19. The molecule has 2 rings (SSSR count). The second kappa shape index (κ2) is 7.50. The van der Waals surface area contributed by atoms with E-state index in [0.717, 1.165) is 34.5 Å². The summed E-state index contributed by atoms with van der Waals surface area (Å²) < 4.78 is 13.2. The number of nitrogens with zero attached hydrogens (tertiary/aromatic N) is 2. The Bertz CT molecular complexity index is 583. The summed E-state index contributed by atoms with van der Waals surface area (Å²) >= 11 is 3.44. The minimum Gasteiger partial charge on any atom is -0.493 e. The maximum Gasteiger partial charge on any atom is 0.161 e. The van der Waals surface area contributed by atoms with E-state index in [4.69, 9.17) is 9.47 Å². The van der Waals surface area contributed by atoms with Gasteiger partial charge in [-0.15, -0.1) is 0 Å². The Hall–Kier alpha value is -1.49. The number of hydrogen-bond acceptors (Lipinski definition) is 3. The largest absolute Gasteiger partial charge is 0.493 e. The number of aromatic nitrogens is 2. The van der Waals surface area contributed by atoms with Gasteiger partial charge in [-0.2, -0.15) is 5.10 Å². The molecule has 0 aliphatic rings. The van der Waals surface area contributed by atoms with E-state index >= 15 is 0 Å². The lowest BCUT2D eigenvalue weighted by Gasteiger charge is -2.11. The highest BCUT2D eigenvalue weighted by molar-refractivity contribution is 9.08. The maximum absolute atomic E-state index is 5.82. The SMILES string of the molecule is CCC(C)n1ccc(COc2ccc(CBr)cc2OC)n1. The molecule has 0 spiro atoms. The van der Waals surface area contributed by atoms with Gasteiger partial charge in [0.2, 0.25) is 0 Å². The molecule has 0 aliphatic heterocycles. The summed E-state index contributed by atoms with van der Waals surface area (Å²) in [5.41, 5.74) is 2.07. The molecule has 1 unspecified atom stereocenters. The first-order chi connectivity index (χ1) is 10.2. The zero-order chi connectivity index (χ0) is 15.2. The molecule has 0 N–H and O–H groups in total. The summed E-state index contributed by atoms with van der Waals surface area (Å²) in [7, 11) is 1.65. The van der Waals surface area contributed by atoms with E-state index in [1.54, 1.807) is 7.11 Å². The predicted molar refractivity (Wildman–Crippen MR) is 87.2 cm³/mol. The molecule has 0 radical (unpaired) electrons. The first kappa shape index (κ1) is 15.9. The van der Waals surface area contributed by atoms with Gasteiger partial charge in [-0.25, -0.2) is 0 Å². The van der Waals surface area contributed by atoms with Gasteiger partial charge in [-0.05, 0) is 37.1 Å². The molecular formula is C16H21BrN2O2. The van der Waals surface area contributed by atoms with Crippen molar-refractivity contribution in [2.45, 2.75) is 38.2 Å². The van der Waals surface area contributed by atoms with Crippen LogP contribution in [0, 0.1) is 0 Å². The Morgan fingerprint density at radius 1 is 1.29 bits per heavy atom. The number of halogens is 1. The molecule has 0 amide bonds. The molecule has 1 heterocycles. The molecule has 114 valence electrons. The van der Waals surface area contributed by atoms with Crippen LogP contribution < -0.4 is 9.47 Å². The molecule has 0 fully saturated rings. The summed E-state index contributed by atoms with van der Waals surface area (Å²) in [5.74, 6) is 1.48. The molecule has 0 aliphatic carbocycles. The van der Waals surface area contributed by atoms with E-state index in [1.165, 1.54) is 0 Å². The second-order valence-electron chi connectivity index (χ2n) is 4.95. The van der Waals surface area contributed by atoms with E-state index in [1.807, 2.05) is 35.1 Å². The van der Waals surface area contributed by atoms with E-state index < -0.39 is 0 Å². The van der Waals surface area contributed by atoms with Crippen LogP contribution in [0.1, 0.15) is 37.6 Å². The van der Waals surface area contributed by atoms with Gasteiger partial charge in [0, 0.05) is 17.6 Å². The molecule has 5 heteroatoms. The van der Waals surface area contributed by atoms with Crippen molar-refractivity contribution in [1.29, 1.82) is 0 Å². The van der Waals surface area contributed by atoms with Gasteiger partial charge < -0.3 is 9.47 Å². The van der Waals surface area contributed by atoms with Crippen LogP contribution in [0.15, 0.2) is 30.5 Å². The molecule has 1 aromatic heterocycles. The number of rotatable bonds is 7. The van der Waals surface area contributed by atoms with Crippen molar-refractivity contribution in [3.63, 3.8) is 0 Å². The summed E-state index contributed by atoms with van der Waals surface area (Å²) in [6.45, 7) is 4.74. The van der Waals surface area contributed by atoms with Crippen molar-refractivity contribution in [2.75, 3.05) is 7.11 Å². The topological polar surface area (TPSA) is 36.3 Å². The number of ether oxygens (including phenoxy) is 2. The van der Waals surface area contributed by atoms with Crippen LogP contribution in [0.5, 0.6) is 11.5 Å². The third-order valence-electron chi connectivity index (χ3n) is 3.46. The van der Waals surface area contributed by atoms with Crippen molar-refractivity contribution in [2.24, 2.45) is 0 Å². The molecule has 2 aromatic rings. The molecule has 0 saturated carbocycles. The van der Waals surface area contributed by atoms with Gasteiger partial charge in [0.1, 0.15) is 6.61 Å². The first-order valence-electron chi connectivity index (χ1n) is 7.07. The molecule has 1 aromatic carbocycles. The lowest BCUT2D eigenvalue weighted by atomic mass is 10.2. The van der Waals surface area contributed by atoms with E-state index in [-0.39, 0.29) is 0 Å². The molecule has 21 heavy (non-hydrogen) atoms. The fraction of sp³-hybridized carbons (Fsp3) is 0.438. The van der Waals surface area contributed by atoms with Gasteiger partial charge in [0.15, 0.2) is 11.5 Å². The Labute approximate surface area is 134 Å². The average molecular weight is 353 g/mol. The zero-order valence-electron chi connectivity index (χ0n) is 12.7. The Morgan fingerprint density at radius 2 is 2.10 bits per heavy atom. The highest BCUT2D eigenvalue weighted by atomic mass is 79.9. The van der Waals surface area contributed by atoms with Crippen molar-refractivity contribution >= 4 is 15.9 Å². The number of benzene rings is 1. The van der Waals surface area contributed by atoms with E-state index in [0.29, 0.717) is 12.6 Å². The number of methoxy groups -OCH3 is 1. The summed E-state index contributed by atoms with van der Waals surface area (Å²) in [4.78, 5) is 0. The van der Waals surface area contributed by atoms with Crippen molar-refractivity contribution in [1.82, 2.24) is 9.78 Å². The van der Waals surface area contributed by atoms with Crippen LogP contribution in [-0.2, 0) is 11.9 Å². The summed E-state index contributed by atoms with van der Waals surface area (Å²) in [6.07, 6.45) is 3.06. The standard InChI is InChI=1S/C16H21BrN2O2/c1-4-12(2)19-8-7-14(18-19)11-21-15-6-5-13(10-17)9-16(15)20-3/h5-9,12H,4,10-11H2,1-3H3. The number of alkyl halides is 1. The van der Waals surface area contributed by atoms with Crippen molar-refractivity contribution in [3.05, 3.63) is 41.7 Å². The highest BCUT2D eigenvalue weighted by Crippen LogP contribution is 2.29. The Kier molecular flexibility index (Phi) is 5.67. The van der Waals surface area contributed by atoms with Crippen LogP contribution in [0.2, 0.25) is 0 Å². The summed E-state index contributed by atoms with van der Waals surface area (Å²) in [6, 6.07) is 8.32. The Morgan fingerprint density at radius 3 is 2.76 bits per heavy atom. The van der Waals surface area contributed by atoms with E-state index in [2.05, 4.69) is 34.9 Å². The van der Waals surface area contributed by atoms with Crippen LogP contribution in [0.4, 0.5) is 0 Å². The van der Waals surface area contributed by atoms with E-state index in [9.17, 15) is 0 Å². The number of hydrogen-bond donors (Lipinski definition) is 0. The Balaban J connectivity index is 2.04. The van der Waals surface area contributed by atoms with Crippen LogP contribution >= 0.6 is 15.9 Å². The molecule has 4 nitrogen and oxygen atoms in total. The van der Waals surface area contributed by atoms with Gasteiger partial charge in [0.05, 0.1) is 12.8 Å². The fourth-order valence-corrected chi connectivity index (χ4v) is 2.30. The van der Waals surface area contributed by atoms with Crippen molar-refractivity contribution in [3.8, 4) is 11.5 Å². The minimum absolute atomic E-state index is 0.409. The highest BCUT2D eigenvalue weighted by Gasteiger charge is 2.08.